The second kappa shape index (κ2) is 5.41. The molecule has 17 heavy (non-hydrogen) atoms. The molecule has 1 aromatic carbocycles. The first kappa shape index (κ1) is 12.2. The first-order valence-electron chi connectivity index (χ1n) is 5.86. The third kappa shape index (κ3) is 2.72. The SMILES string of the molecule is CC[C@@H](Cl)C(=O)N1CCOc2ccccc2C1. The van der Waals surface area contributed by atoms with Crippen molar-refractivity contribution in [2.45, 2.75) is 25.3 Å². The summed E-state index contributed by atoms with van der Waals surface area (Å²) in [5, 5.41) is -0.430. The molecule has 0 aromatic heterocycles. The molecule has 1 amide bonds. The number of rotatable bonds is 2. The number of halogens is 1. The van der Waals surface area contributed by atoms with E-state index in [2.05, 4.69) is 0 Å². The van der Waals surface area contributed by atoms with Crippen LogP contribution in [-0.2, 0) is 11.3 Å². The number of nitrogens with zero attached hydrogens (tertiary/aromatic N) is 1. The van der Waals surface area contributed by atoms with Crippen LogP contribution in [0.15, 0.2) is 24.3 Å². The molecule has 2 rings (SSSR count). The standard InChI is InChI=1S/C13H16ClNO2/c1-2-11(14)13(16)15-7-8-17-12-6-4-3-5-10(12)9-15/h3-6,11H,2,7-9H2,1H3/t11-/m1/s1. The Bertz CT molecular complexity index is 408. The van der Waals surface area contributed by atoms with Gasteiger partial charge in [-0.1, -0.05) is 25.1 Å². The fraction of sp³-hybridized carbons (Fsp3) is 0.462. The number of amides is 1. The van der Waals surface area contributed by atoms with Gasteiger partial charge >= 0.3 is 0 Å². The zero-order valence-electron chi connectivity index (χ0n) is 9.86. The summed E-state index contributed by atoms with van der Waals surface area (Å²) in [6, 6.07) is 7.80. The summed E-state index contributed by atoms with van der Waals surface area (Å²) in [7, 11) is 0. The zero-order chi connectivity index (χ0) is 12.3. The average molecular weight is 254 g/mol. The van der Waals surface area contributed by atoms with Crippen molar-refractivity contribution in [3.05, 3.63) is 29.8 Å². The fourth-order valence-corrected chi connectivity index (χ4v) is 2.02. The smallest absolute Gasteiger partial charge is 0.241 e. The van der Waals surface area contributed by atoms with Gasteiger partial charge in [0.15, 0.2) is 0 Å². The van der Waals surface area contributed by atoms with Gasteiger partial charge in [-0.3, -0.25) is 4.79 Å². The van der Waals surface area contributed by atoms with Gasteiger partial charge < -0.3 is 9.64 Å². The van der Waals surface area contributed by atoms with Gasteiger partial charge in [-0.15, -0.1) is 11.6 Å². The van der Waals surface area contributed by atoms with E-state index in [4.69, 9.17) is 16.3 Å². The number of carbonyl (C=O) groups is 1. The van der Waals surface area contributed by atoms with Crippen LogP contribution >= 0.6 is 11.6 Å². The van der Waals surface area contributed by atoms with Crippen LogP contribution in [0.1, 0.15) is 18.9 Å². The lowest BCUT2D eigenvalue weighted by Crippen LogP contribution is -2.37. The fourth-order valence-electron chi connectivity index (χ4n) is 1.89. The number of alkyl halides is 1. The summed E-state index contributed by atoms with van der Waals surface area (Å²) in [4.78, 5) is 13.8. The van der Waals surface area contributed by atoms with E-state index in [9.17, 15) is 4.79 Å². The molecular formula is C13H16ClNO2. The Morgan fingerprint density at radius 2 is 2.29 bits per heavy atom. The first-order chi connectivity index (χ1) is 8.22. The summed E-state index contributed by atoms with van der Waals surface area (Å²) in [6.07, 6.45) is 0.652. The van der Waals surface area contributed by atoms with Crippen LogP contribution in [0.2, 0.25) is 0 Å². The van der Waals surface area contributed by atoms with Crippen LogP contribution in [-0.4, -0.2) is 29.3 Å². The molecule has 1 aliphatic heterocycles. The van der Waals surface area contributed by atoms with Crippen LogP contribution in [0, 0.1) is 0 Å². The largest absolute Gasteiger partial charge is 0.491 e. The molecule has 0 bridgehead atoms. The Balaban J connectivity index is 2.15. The maximum atomic E-state index is 12.0. The van der Waals surface area contributed by atoms with Crippen molar-refractivity contribution in [3.8, 4) is 5.75 Å². The highest BCUT2D eigenvalue weighted by atomic mass is 35.5. The molecule has 1 aliphatic rings. The molecule has 0 saturated carbocycles. The third-order valence-corrected chi connectivity index (χ3v) is 3.39. The zero-order valence-corrected chi connectivity index (χ0v) is 10.6. The second-order valence-corrected chi connectivity index (χ2v) is 4.62. The molecule has 1 atom stereocenters. The van der Waals surface area contributed by atoms with Crippen molar-refractivity contribution in [2.24, 2.45) is 0 Å². The van der Waals surface area contributed by atoms with Crippen molar-refractivity contribution >= 4 is 17.5 Å². The van der Waals surface area contributed by atoms with Gasteiger partial charge in [-0.2, -0.15) is 0 Å². The van der Waals surface area contributed by atoms with Crippen molar-refractivity contribution in [2.75, 3.05) is 13.2 Å². The Morgan fingerprint density at radius 1 is 1.53 bits per heavy atom. The van der Waals surface area contributed by atoms with Crippen molar-refractivity contribution in [1.82, 2.24) is 4.90 Å². The number of hydrogen-bond acceptors (Lipinski definition) is 2. The van der Waals surface area contributed by atoms with Gasteiger partial charge in [0.2, 0.25) is 5.91 Å². The monoisotopic (exact) mass is 253 g/mol. The Hall–Kier alpha value is -1.22. The molecule has 0 spiro atoms. The van der Waals surface area contributed by atoms with Crippen molar-refractivity contribution < 1.29 is 9.53 Å². The van der Waals surface area contributed by atoms with Crippen LogP contribution in [0.25, 0.3) is 0 Å². The van der Waals surface area contributed by atoms with E-state index >= 15 is 0 Å². The highest BCUT2D eigenvalue weighted by Gasteiger charge is 2.23. The van der Waals surface area contributed by atoms with Gasteiger partial charge in [0.05, 0.1) is 6.54 Å². The van der Waals surface area contributed by atoms with Crippen LogP contribution < -0.4 is 4.74 Å². The van der Waals surface area contributed by atoms with Gasteiger partial charge in [0, 0.05) is 12.1 Å². The molecular weight excluding hydrogens is 238 g/mol. The van der Waals surface area contributed by atoms with Crippen LogP contribution in [0.4, 0.5) is 0 Å². The Morgan fingerprint density at radius 3 is 3.06 bits per heavy atom. The van der Waals surface area contributed by atoms with Gasteiger partial charge in [0.1, 0.15) is 17.7 Å². The molecule has 0 radical (unpaired) electrons. The Kier molecular flexibility index (Phi) is 3.89. The third-order valence-electron chi connectivity index (χ3n) is 2.89. The second-order valence-electron chi connectivity index (χ2n) is 4.09. The van der Waals surface area contributed by atoms with E-state index in [1.165, 1.54) is 0 Å². The van der Waals surface area contributed by atoms with E-state index in [-0.39, 0.29) is 5.91 Å². The average Bonchev–Trinajstić information content (AvgIpc) is 2.58. The molecule has 0 N–H and O–H groups in total. The van der Waals surface area contributed by atoms with E-state index < -0.39 is 5.38 Å². The molecule has 4 heteroatoms. The van der Waals surface area contributed by atoms with Crippen LogP contribution in [0.5, 0.6) is 5.75 Å². The molecule has 0 unspecified atom stereocenters. The number of carbonyl (C=O) groups excluding carboxylic acids is 1. The quantitative estimate of drug-likeness (QED) is 0.758. The summed E-state index contributed by atoms with van der Waals surface area (Å²) in [6.45, 7) is 3.61. The number of fused-ring (bicyclic) bond motifs is 1. The number of ether oxygens (including phenoxy) is 1. The summed E-state index contributed by atoms with van der Waals surface area (Å²) in [5.74, 6) is 0.861. The molecule has 3 nitrogen and oxygen atoms in total. The van der Waals surface area contributed by atoms with Gasteiger partial charge in [-0.05, 0) is 12.5 Å². The predicted molar refractivity (Wildman–Crippen MR) is 67.3 cm³/mol. The summed E-state index contributed by atoms with van der Waals surface area (Å²) in [5.41, 5.74) is 1.04. The van der Waals surface area contributed by atoms with E-state index in [1.807, 2.05) is 31.2 Å². The van der Waals surface area contributed by atoms with E-state index in [0.717, 1.165) is 11.3 Å². The number of benzene rings is 1. The summed E-state index contributed by atoms with van der Waals surface area (Å²) < 4.78 is 5.61. The van der Waals surface area contributed by atoms with E-state index in [0.29, 0.717) is 26.1 Å². The minimum atomic E-state index is -0.430. The highest BCUT2D eigenvalue weighted by Crippen LogP contribution is 2.23. The van der Waals surface area contributed by atoms with E-state index in [1.54, 1.807) is 4.90 Å². The lowest BCUT2D eigenvalue weighted by molar-refractivity contribution is -0.131. The number of para-hydroxylation sites is 1. The maximum Gasteiger partial charge on any atom is 0.241 e. The Labute approximate surface area is 106 Å². The first-order valence-corrected chi connectivity index (χ1v) is 6.29. The molecule has 1 aromatic rings. The molecule has 1 heterocycles. The topological polar surface area (TPSA) is 29.5 Å². The molecule has 0 saturated heterocycles. The van der Waals surface area contributed by atoms with Gasteiger partial charge in [0.25, 0.3) is 0 Å². The molecule has 0 aliphatic carbocycles. The lowest BCUT2D eigenvalue weighted by atomic mass is 10.2. The molecule has 92 valence electrons. The van der Waals surface area contributed by atoms with Crippen molar-refractivity contribution in [1.29, 1.82) is 0 Å². The maximum absolute atomic E-state index is 12.0. The highest BCUT2D eigenvalue weighted by molar-refractivity contribution is 6.30. The number of hydrogen-bond donors (Lipinski definition) is 0. The minimum Gasteiger partial charge on any atom is -0.491 e. The predicted octanol–water partition coefficient (Wildman–Crippen LogP) is 2.43. The normalized spacial score (nSPS) is 16.7. The van der Waals surface area contributed by atoms with Crippen LogP contribution in [0.3, 0.4) is 0 Å². The minimum absolute atomic E-state index is 0.00512. The molecule has 0 fully saturated rings. The lowest BCUT2D eigenvalue weighted by Gasteiger charge is -2.22. The van der Waals surface area contributed by atoms with Gasteiger partial charge in [-0.25, -0.2) is 0 Å². The summed E-state index contributed by atoms with van der Waals surface area (Å²) >= 11 is 6.00. The van der Waals surface area contributed by atoms with Crippen molar-refractivity contribution in [3.63, 3.8) is 0 Å².